The van der Waals surface area contributed by atoms with E-state index in [1.807, 2.05) is 0 Å². The van der Waals surface area contributed by atoms with E-state index in [4.69, 9.17) is 45.1 Å². The molecule has 0 aliphatic rings. The second-order valence-electron chi connectivity index (χ2n) is 18.8. The standard InChI is InChI=1S/C60H48F4N10O9/c1-79-19-17-73-51-23-35(11-15-47(51)69-53(73)25-37-21-43(63)39(27-41(37)61)45-5-3-7-55(71-45)81-31-33-9-13-49(57(65)75)67-29-33)59(77)83-60(78)36-12-16-48-52(24-36)74(18-20-80-2)54(70-48)26-38-22-44(64)40(28-42(38)62)46-6-4-8-56(72-46)82-32-34-10-14-50(58(66)76)68-30-34/h3-16,21-24,27-30H,17-20,25-26,31-32H2,1-2H3,(H2,65,75)(H2,66,76). The molecule has 19 nitrogen and oxygen atoms in total. The molecule has 0 saturated carbocycles. The Kier molecular flexibility index (Phi) is 16.6. The molecule has 0 atom stereocenters. The van der Waals surface area contributed by atoms with Crippen LogP contribution in [0.3, 0.4) is 0 Å². The number of hydrogen-bond acceptors (Lipinski definition) is 15. The van der Waals surface area contributed by atoms with E-state index in [0.717, 1.165) is 24.3 Å². The number of benzene rings is 4. The molecule has 23 heteroatoms. The van der Waals surface area contributed by atoms with Crippen LogP contribution in [0.2, 0.25) is 0 Å². The third-order valence-corrected chi connectivity index (χ3v) is 13.2. The molecule has 4 N–H and O–H groups in total. The van der Waals surface area contributed by atoms with Gasteiger partial charge in [-0.1, -0.05) is 24.3 Å². The largest absolute Gasteiger partial charge is 0.473 e. The fourth-order valence-corrected chi connectivity index (χ4v) is 9.03. The number of ether oxygens (including phenoxy) is 5. The normalized spacial score (nSPS) is 11.3. The van der Waals surface area contributed by atoms with E-state index < -0.39 is 47.0 Å². The maximum absolute atomic E-state index is 16.0. The Bertz CT molecular complexity index is 3860. The number of pyridine rings is 4. The van der Waals surface area contributed by atoms with Crippen molar-refractivity contribution in [3.63, 3.8) is 0 Å². The van der Waals surface area contributed by atoms with Gasteiger partial charge in [-0.3, -0.25) is 19.6 Å². The predicted octanol–water partition coefficient (Wildman–Crippen LogP) is 8.68. The average Bonchev–Trinajstić information content (AvgIpc) is 4.22. The van der Waals surface area contributed by atoms with Crippen molar-refractivity contribution in [3.05, 3.63) is 213 Å². The number of carbonyl (C=O) groups excluding carboxylic acids is 4. The van der Waals surface area contributed by atoms with Crippen LogP contribution in [0, 0.1) is 23.3 Å². The molecule has 0 spiro atoms. The Labute approximate surface area is 469 Å². The molecule has 0 unspecified atom stereocenters. The van der Waals surface area contributed by atoms with Crippen molar-refractivity contribution in [2.45, 2.75) is 39.1 Å². The summed E-state index contributed by atoms with van der Waals surface area (Å²) in [5, 5.41) is 0. The molecule has 10 aromatic rings. The van der Waals surface area contributed by atoms with Crippen LogP contribution in [0.1, 0.15) is 75.6 Å². The summed E-state index contributed by atoms with van der Waals surface area (Å²) in [6.07, 6.45) is 2.54. The lowest BCUT2D eigenvalue weighted by atomic mass is 10.0. The molecule has 0 radical (unpaired) electrons. The number of amides is 2. The number of imidazole rings is 2. The molecular formula is C60H48F4N10O9. The zero-order chi connectivity index (χ0) is 58.3. The molecule has 6 aromatic heterocycles. The van der Waals surface area contributed by atoms with Crippen molar-refractivity contribution < 1.29 is 60.4 Å². The first-order valence-electron chi connectivity index (χ1n) is 25.5. The van der Waals surface area contributed by atoms with Crippen LogP contribution in [0.5, 0.6) is 11.8 Å². The van der Waals surface area contributed by atoms with Crippen LogP contribution in [0.4, 0.5) is 17.6 Å². The first kappa shape index (κ1) is 56.0. The molecule has 83 heavy (non-hydrogen) atoms. The molecule has 0 saturated heterocycles. The minimum atomic E-state index is -0.990. The molecular weight excluding hydrogens is 1080 g/mol. The van der Waals surface area contributed by atoms with E-state index >= 15 is 17.6 Å². The highest BCUT2D eigenvalue weighted by atomic mass is 19.1. The maximum Gasteiger partial charge on any atom is 0.346 e. The van der Waals surface area contributed by atoms with E-state index in [1.165, 1.54) is 75.1 Å². The van der Waals surface area contributed by atoms with Crippen LogP contribution < -0.4 is 20.9 Å². The Morgan fingerprint density at radius 1 is 0.506 bits per heavy atom. The van der Waals surface area contributed by atoms with E-state index in [9.17, 15) is 19.2 Å². The van der Waals surface area contributed by atoms with Gasteiger partial charge in [0.1, 0.15) is 59.5 Å². The predicted molar refractivity (Wildman–Crippen MR) is 292 cm³/mol. The lowest BCUT2D eigenvalue weighted by Gasteiger charge is -2.12. The van der Waals surface area contributed by atoms with Crippen LogP contribution in [0.25, 0.3) is 44.6 Å². The lowest BCUT2D eigenvalue weighted by Crippen LogP contribution is -2.14. The summed E-state index contributed by atoms with van der Waals surface area (Å²) in [6, 6.07) is 28.6. The summed E-state index contributed by atoms with van der Waals surface area (Å²) >= 11 is 0. The summed E-state index contributed by atoms with van der Waals surface area (Å²) in [5.41, 5.74) is 13.6. The Balaban J connectivity index is 0.830. The van der Waals surface area contributed by atoms with Gasteiger partial charge in [-0.25, -0.2) is 47.1 Å². The van der Waals surface area contributed by atoms with Crippen LogP contribution in [-0.4, -0.2) is 90.2 Å². The summed E-state index contributed by atoms with van der Waals surface area (Å²) in [6.45, 7) is 0.837. The number of halogens is 4. The zero-order valence-electron chi connectivity index (χ0n) is 44.3. The number of hydrogen-bond donors (Lipinski definition) is 2. The van der Waals surface area contributed by atoms with Crippen molar-refractivity contribution >= 4 is 45.8 Å². The molecule has 0 aliphatic heterocycles. The third-order valence-electron chi connectivity index (χ3n) is 13.2. The van der Waals surface area contributed by atoms with Crippen LogP contribution in [0.15, 0.2) is 134 Å². The van der Waals surface area contributed by atoms with E-state index in [1.54, 1.807) is 57.7 Å². The minimum Gasteiger partial charge on any atom is -0.473 e. The summed E-state index contributed by atoms with van der Waals surface area (Å²) in [7, 11) is 2.99. The quantitative estimate of drug-likeness (QED) is 0.0366. The van der Waals surface area contributed by atoms with Gasteiger partial charge in [-0.05, 0) is 96.1 Å². The van der Waals surface area contributed by atoms with E-state index in [-0.39, 0.29) is 120 Å². The first-order chi connectivity index (χ1) is 40.1. The van der Waals surface area contributed by atoms with Crippen molar-refractivity contribution in [2.75, 3.05) is 27.4 Å². The zero-order valence-corrected chi connectivity index (χ0v) is 44.3. The van der Waals surface area contributed by atoms with Gasteiger partial charge in [0.25, 0.3) is 11.8 Å². The molecule has 6 heterocycles. The van der Waals surface area contributed by atoms with Gasteiger partial charge in [0, 0.05) is 86.9 Å². The number of rotatable bonds is 22. The van der Waals surface area contributed by atoms with Crippen molar-refractivity contribution in [1.82, 2.24) is 39.0 Å². The van der Waals surface area contributed by atoms with Gasteiger partial charge in [-0.15, -0.1) is 0 Å². The van der Waals surface area contributed by atoms with E-state index in [0.29, 0.717) is 44.8 Å². The first-order valence-corrected chi connectivity index (χ1v) is 25.5. The van der Waals surface area contributed by atoms with Gasteiger partial charge >= 0.3 is 11.9 Å². The highest BCUT2D eigenvalue weighted by Gasteiger charge is 2.23. The van der Waals surface area contributed by atoms with Crippen molar-refractivity contribution in [1.29, 1.82) is 0 Å². The maximum atomic E-state index is 16.0. The Hall–Kier alpha value is -10.3. The average molecular weight is 1130 g/mol. The highest BCUT2D eigenvalue weighted by Crippen LogP contribution is 2.31. The second-order valence-corrected chi connectivity index (χ2v) is 18.8. The molecule has 420 valence electrons. The topological polar surface area (TPSA) is 254 Å². The van der Waals surface area contributed by atoms with E-state index in [2.05, 4.69) is 19.9 Å². The highest BCUT2D eigenvalue weighted by molar-refractivity contribution is 6.05. The van der Waals surface area contributed by atoms with Gasteiger partial charge in [0.15, 0.2) is 0 Å². The number of primary amides is 2. The number of fused-ring (bicyclic) bond motifs is 2. The van der Waals surface area contributed by atoms with Crippen LogP contribution in [-0.2, 0) is 53.4 Å². The third kappa shape index (κ3) is 12.7. The monoisotopic (exact) mass is 1130 g/mol. The van der Waals surface area contributed by atoms with Gasteiger partial charge in [-0.2, -0.15) is 0 Å². The molecule has 0 aliphatic carbocycles. The molecule has 2 amide bonds. The second kappa shape index (κ2) is 24.6. The molecule has 0 fully saturated rings. The van der Waals surface area contributed by atoms with Gasteiger partial charge in [0.05, 0.1) is 57.8 Å². The van der Waals surface area contributed by atoms with Crippen LogP contribution >= 0.6 is 0 Å². The number of nitrogens with two attached hydrogens (primary N) is 2. The Morgan fingerprint density at radius 2 is 0.940 bits per heavy atom. The number of carbonyl (C=O) groups is 4. The number of nitrogens with zero attached hydrogens (tertiary/aromatic N) is 8. The Morgan fingerprint density at radius 3 is 1.33 bits per heavy atom. The number of methoxy groups -OCH3 is 2. The molecule has 0 bridgehead atoms. The fourth-order valence-electron chi connectivity index (χ4n) is 9.03. The van der Waals surface area contributed by atoms with Gasteiger partial charge < -0.3 is 44.3 Å². The fraction of sp³-hybridized carbons (Fsp3) is 0.167. The van der Waals surface area contributed by atoms with Crippen molar-refractivity contribution in [2.24, 2.45) is 11.5 Å². The smallest absolute Gasteiger partial charge is 0.346 e. The summed E-state index contributed by atoms with van der Waals surface area (Å²) in [5.74, 6) is -5.39. The molecule has 10 rings (SSSR count). The lowest BCUT2D eigenvalue weighted by molar-refractivity contribution is 0.0397. The molecule has 4 aromatic carbocycles. The summed E-state index contributed by atoms with van der Waals surface area (Å²) in [4.78, 5) is 76.3. The SMILES string of the molecule is COCCn1c(Cc2cc(F)c(-c3cccc(OCc4ccc(C(N)=O)nc4)n3)cc2F)nc2ccc(C(=O)OC(=O)c3ccc4nc(Cc5cc(F)c(-c6cccc(OCc7ccc(C(N)=O)nc7)n6)cc5F)n(CCOC)c4c3)cc21. The number of aromatic nitrogens is 8. The number of esters is 2. The summed E-state index contributed by atoms with van der Waals surface area (Å²) < 4.78 is 94.8. The minimum absolute atomic E-state index is 0.0113. The van der Waals surface area contributed by atoms with Crippen molar-refractivity contribution in [3.8, 4) is 34.3 Å². The van der Waals surface area contributed by atoms with Gasteiger partial charge in [0.2, 0.25) is 11.8 Å².